The van der Waals surface area contributed by atoms with Crippen LogP contribution in [0.4, 0.5) is 0 Å². The molecule has 1 aromatic carbocycles. The van der Waals surface area contributed by atoms with Gasteiger partial charge in [0, 0.05) is 24.1 Å². The molecule has 0 radical (unpaired) electrons. The highest BCUT2D eigenvalue weighted by molar-refractivity contribution is 7.90. The fourth-order valence-corrected chi connectivity index (χ4v) is 3.90. The van der Waals surface area contributed by atoms with E-state index in [0.717, 1.165) is 18.4 Å². The van der Waals surface area contributed by atoms with Crippen LogP contribution < -0.4 is 0 Å². The molecule has 1 aromatic heterocycles. The van der Waals surface area contributed by atoms with Crippen molar-refractivity contribution in [2.75, 3.05) is 13.4 Å². The third-order valence-electron chi connectivity index (χ3n) is 4.49. The van der Waals surface area contributed by atoms with Crippen LogP contribution in [-0.2, 0) is 25.9 Å². The molecule has 2 heterocycles. The van der Waals surface area contributed by atoms with E-state index in [1.54, 1.807) is 24.3 Å². The van der Waals surface area contributed by atoms with Crippen LogP contribution in [0.5, 0.6) is 0 Å². The van der Waals surface area contributed by atoms with Crippen molar-refractivity contribution in [2.24, 2.45) is 0 Å². The highest BCUT2D eigenvalue weighted by Gasteiger charge is 2.30. The van der Waals surface area contributed by atoms with E-state index >= 15 is 0 Å². The predicted molar refractivity (Wildman–Crippen MR) is 91.4 cm³/mol. The molecule has 1 unspecified atom stereocenters. The van der Waals surface area contributed by atoms with E-state index in [0.29, 0.717) is 24.2 Å². The smallest absolute Gasteiger partial charge is 0.314 e. The largest absolute Gasteiger partial charge is 0.469 e. The Hall–Kier alpha value is -2.41. The molecule has 25 heavy (non-hydrogen) atoms. The first-order valence-electron chi connectivity index (χ1n) is 7.95. The Labute approximate surface area is 146 Å². The quantitative estimate of drug-likeness (QED) is 0.616. The van der Waals surface area contributed by atoms with E-state index in [9.17, 15) is 18.0 Å². The first kappa shape index (κ1) is 17.4. The Kier molecular flexibility index (Phi) is 4.51. The minimum Gasteiger partial charge on any atom is -0.469 e. The lowest BCUT2D eigenvalue weighted by atomic mass is 9.96. The van der Waals surface area contributed by atoms with Gasteiger partial charge in [0.05, 0.1) is 23.6 Å². The van der Waals surface area contributed by atoms with Gasteiger partial charge < -0.3 is 9.30 Å². The minimum absolute atomic E-state index is 0.108. The topological polar surface area (TPSA) is 82.4 Å². The van der Waals surface area contributed by atoms with Crippen molar-refractivity contribution >= 4 is 21.6 Å². The molecule has 0 amide bonds. The van der Waals surface area contributed by atoms with Gasteiger partial charge in [-0.15, -0.1) is 0 Å². The number of fused-ring (bicyclic) bond motifs is 1. The fourth-order valence-electron chi connectivity index (χ4n) is 3.23. The zero-order valence-electron chi connectivity index (χ0n) is 14.1. The summed E-state index contributed by atoms with van der Waals surface area (Å²) in [6.45, 7) is 0.642. The van der Waals surface area contributed by atoms with E-state index in [1.165, 1.54) is 19.2 Å². The predicted octanol–water partition coefficient (Wildman–Crippen LogP) is 2.17. The summed E-state index contributed by atoms with van der Waals surface area (Å²) in [7, 11) is -2.03. The number of hydrogen-bond acceptors (Lipinski definition) is 5. The van der Waals surface area contributed by atoms with E-state index in [2.05, 4.69) is 0 Å². The number of aromatic nitrogens is 1. The lowest BCUT2D eigenvalue weighted by Gasteiger charge is -2.24. The van der Waals surface area contributed by atoms with Crippen molar-refractivity contribution in [3.05, 3.63) is 53.3 Å². The monoisotopic (exact) mass is 361 g/mol. The molecule has 0 saturated carbocycles. The van der Waals surface area contributed by atoms with Crippen LogP contribution in [0.25, 0.3) is 0 Å². The maximum Gasteiger partial charge on any atom is 0.314 e. The Morgan fingerprint density at radius 1 is 1.20 bits per heavy atom. The van der Waals surface area contributed by atoms with Gasteiger partial charge in [0.1, 0.15) is 0 Å². The minimum atomic E-state index is -3.39. The second-order valence-corrected chi connectivity index (χ2v) is 8.16. The van der Waals surface area contributed by atoms with Crippen molar-refractivity contribution in [1.29, 1.82) is 0 Å². The summed E-state index contributed by atoms with van der Waals surface area (Å²) in [5, 5.41) is 0. The average molecular weight is 361 g/mol. The van der Waals surface area contributed by atoms with Crippen molar-refractivity contribution in [3.8, 4) is 0 Å². The Balaban J connectivity index is 2.00. The number of carbonyl (C=O) groups is 2. The molecule has 2 aromatic rings. The summed E-state index contributed by atoms with van der Waals surface area (Å²) < 4.78 is 30.1. The van der Waals surface area contributed by atoms with Gasteiger partial charge in [0.15, 0.2) is 9.84 Å². The molecular weight excluding hydrogens is 342 g/mol. The van der Waals surface area contributed by atoms with Crippen LogP contribution >= 0.6 is 0 Å². The summed E-state index contributed by atoms with van der Waals surface area (Å²) in [4.78, 5) is 24.9. The number of hydrogen-bond donors (Lipinski definition) is 0. The number of ketones is 1. The summed E-state index contributed by atoms with van der Waals surface area (Å²) in [6.07, 6.45) is 2.57. The zero-order valence-corrected chi connectivity index (χ0v) is 14.9. The van der Waals surface area contributed by atoms with E-state index < -0.39 is 9.84 Å². The average Bonchev–Trinajstić information content (AvgIpc) is 3.03. The first-order valence-corrected chi connectivity index (χ1v) is 9.84. The SMILES string of the molecule is COC(=O)C1CCCn2c(C(=O)c3cccc(S(C)(=O)=O)c3)ccc21. The van der Waals surface area contributed by atoms with Crippen LogP contribution in [0.15, 0.2) is 41.3 Å². The number of benzene rings is 1. The lowest BCUT2D eigenvalue weighted by molar-refractivity contribution is -0.143. The van der Waals surface area contributed by atoms with Gasteiger partial charge in [-0.05, 0) is 37.1 Å². The van der Waals surface area contributed by atoms with Crippen LogP contribution in [-0.4, -0.2) is 38.1 Å². The van der Waals surface area contributed by atoms with Crippen LogP contribution in [0.1, 0.15) is 40.5 Å². The van der Waals surface area contributed by atoms with Crippen LogP contribution in [0.2, 0.25) is 0 Å². The molecule has 0 fully saturated rings. The van der Waals surface area contributed by atoms with Crippen molar-refractivity contribution in [1.82, 2.24) is 4.57 Å². The van der Waals surface area contributed by atoms with Crippen LogP contribution in [0, 0.1) is 0 Å². The number of sulfone groups is 1. The Morgan fingerprint density at radius 2 is 1.96 bits per heavy atom. The van der Waals surface area contributed by atoms with Crippen LogP contribution in [0.3, 0.4) is 0 Å². The molecule has 3 rings (SSSR count). The molecule has 1 atom stereocenters. The van der Waals surface area contributed by atoms with Crippen molar-refractivity contribution < 1.29 is 22.7 Å². The molecule has 0 N–H and O–H groups in total. The fraction of sp³-hybridized carbons (Fsp3) is 0.333. The maximum absolute atomic E-state index is 12.9. The summed E-state index contributed by atoms with van der Waals surface area (Å²) in [6, 6.07) is 9.46. The van der Waals surface area contributed by atoms with Gasteiger partial charge in [-0.1, -0.05) is 12.1 Å². The highest BCUT2D eigenvalue weighted by Crippen LogP contribution is 2.31. The second kappa shape index (κ2) is 6.48. The number of esters is 1. The number of ether oxygens (including phenoxy) is 1. The normalized spacial score (nSPS) is 17.0. The molecule has 7 heteroatoms. The second-order valence-electron chi connectivity index (χ2n) is 6.14. The van der Waals surface area contributed by atoms with Gasteiger partial charge >= 0.3 is 5.97 Å². The van der Waals surface area contributed by atoms with Gasteiger partial charge in [-0.25, -0.2) is 8.42 Å². The van der Waals surface area contributed by atoms with Crippen molar-refractivity contribution in [3.63, 3.8) is 0 Å². The van der Waals surface area contributed by atoms with Gasteiger partial charge in [0.25, 0.3) is 0 Å². The number of rotatable bonds is 4. The van der Waals surface area contributed by atoms with Gasteiger partial charge in [0.2, 0.25) is 5.78 Å². The number of carbonyl (C=O) groups excluding carboxylic acids is 2. The molecule has 0 aliphatic carbocycles. The van der Waals surface area contributed by atoms with Gasteiger partial charge in [-0.2, -0.15) is 0 Å². The Bertz CT molecular complexity index is 942. The molecule has 0 saturated heterocycles. The Morgan fingerprint density at radius 3 is 2.64 bits per heavy atom. The van der Waals surface area contributed by atoms with E-state index in [-0.39, 0.29) is 22.6 Å². The number of methoxy groups -OCH3 is 1. The number of nitrogens with zero attached hydrogens (tertiary/aromatic N) is 1. The lowest BCUT2D eigenvalue weighted by Crippen LogP contribution is -2.24. The summed E-state index contributed by atoms with van der Waals surface area (Å²) in [5.74, 6) is -0.943. The first-order chi connectivity index (χ1) is 11.8. The summed E-state index contributed by atoms with van der Waals surface area (Å²) >= 11 is 0. The molecule has 132 valence electrons. The zero-order chi connectivity index (χ0) is 18.2. The summed E-state index contributed by atoms with van der Waals surface area (Å²) in [5.41, 5.74) is 1.53. The molecule has 6 nitrogen and oxygen atoms in total. The van der Waals surface area contributed by atoms with E-state index in [1.807, 2.05) is 4.57 Å². The maximum atomic E-state index is 12.9. The van der Waals surface area contributed by atoms with Gasteiger partial charge in [-0.3, -0.25) is 9.59 Å². The standard InChI is InChI=1S/C18H19NO5S/c1-24-18(21)14-7-4-10-19-15(14)8-9-16(19)17(20)12-5-3-6-13(11-12)25(2,22)23/h3,5-6,8-9,11,14H,4,7,10H2,1-2H3. The molecule has 0 spiro atoms. The molecule has 1 aliphatic rings. The van der Waals surface area contributed by atoms with Crippen molar-refractivity contribution in [2.45, 2.75) is 30.2 Å². The third kappa shape index (κ3) is 3.24. The molecular formula is C18H19NO5S. The van der Waals surface area contributed by atoms with E-state index in [4.69, 9.17) is 4.74 Å². The molecule has 0 bridgehead atoms. The molecule has 1 aliphatic heterocycles. The third-order valence-corrected chi connectivity index (χ3v) is 5.60. The highest BCUT2D eigenvalue weighted by atomic mass is 32.2.